The fourth-order valence-electron chi connectivity index (χ4n) is 4.40. The summed E-state index contributed by atoms with van der Waals surface area (Å²) < 4.78 is 7.41. The van der Waals surface area contributed by atoms with Gasteiger partial charge < -0.3 is 19.9 Å². The van der Waals surface area contributed by atoms with Gasteiger partial charge in [-0.2, -0.15) is 0 Å². The summed E-state index contributed by atoms with van der Waals surface area (Å²) in [5.41, 5.74) is 4.38. The lowest BCUT2D eigenvalue weighted by Crippen LogP contribution is -2.14. The maximum Gasteiger partial charge on any atom is 0.255 e. The van der Waals surface area contributed by atoms with Crippen molar-refractivity contribution in [3.8, 4) is 5.75 Å². The van der Waals surface area contributed by atoms with Crippen LogP contribution in [-0.2, 0) is 11.3 Å². The summed E-state index contributed by atoms with van der Waals surface area (Å²) in [6.07, 6.45) is 0. The fourth-order valence-corrected chi connectivity index (χ4v) is 5.10. The van der Waals surface area contributed by atoms with Gasteiger partial charge in [-0.25, -0.2) is 0 Å². The molecule has 2 amide bonds. The second-order valence-corrected chi connectivity index (χ2v) is 9.59. The van der Waals surface area contributed by atoms with Gasteiger partial charge in [0.1, 0.15) is 5.75 Å². The van der Waals surface area contributed by atoms with Crippen molar-refractivity contribution in [2.45, 2.75) is 18.4 Å². The first-order chi connectivity index (χ1) is 18.1. The summed E-state index contributed by atoms with van der Waals surface area (Å²) in [6.45, 7) is 3.02. The number of ether oxygens (including phenoxy) is 1. The van der Waals surface area contributed by atoms with Gasteiger partial charge in [0, 0.05) is 50.2 Å². The Hall–Kier alpha value is -4.23. The van der Waals surface area contributed by atoms with E-state index >= 15 is 0 Å². The third-order valence-electron chi connectivity index (χ3n) is 6.21. The molecule has 0 unspecified atom stereocenters. The molecular formula is C30H27N3O3S. The standard InChI is InChI=1S/C30H27N3O3S/c1-3-33-27-7-5-4-6-25(27)26-18-22(12-17-28(26)33)31-29(34)19-37-24-15-10-21(11-16-24)32-30(35)20-8-13-23(36-2)14-9-20/h4-18H,3,19H2,1-2H3,(H,31,34)(H,32,35). The molecule has 37 heavy (non-hydrogen) atoms. The van der Waals surface area contributed by atoms with Crippen molar-refractivity contribution in [3.05, 3.63) is 96.6 Å². The van der Waals surface area contributed by atoms with E-state index in [-0.39, 0.29) is 17.6 Å². The van der Waals surface area contributed by atoms with E-state index in [1.54, 1.807) is 31.4 Å². The largest absolute Gasteiger partial charge is 0.497 e. The maximum atomic E-state index is 12.7. The first kappa shape index (κ1) is 24.5. The van der Waals surface area contributed by atoms with Crippen LogP contribution in [-0.4, -0.2) is 29.2 Å². The van der Waals surface area contributed by atoms with Gasteiger partial charge >= 0.3 is 0 Å². The predicted molar refractivity (Wildman–Crippen MR) is 152 cm³/mol. The van der Waals surface area contributed by atoms with E-state index in [0.717, 1.165) is 28.0 Å². The van der Waals surface area contributed by atoms with Crippen LogP contribution < -0.4 is 15.4 Å². The topological polar surface area (TPSA) is 72.4 Å². The third kappa shape index (κ3) is 5.32. The monoisotopic (exact) mass is 509 g/mol. The van der Waals surface area contributed by atoms with Crippen molar-refractivity contribution in [3.63, 3.8) is 0 Å². The Kier molecular flexibility index (Phi) is 7.14. The number of carbonyl (C=O) groups is 2. The average molecular weight is 510 g/mol. The minimum atomic E-state index is -0.193. The summed E-state index contributed by atoms with van der Waals surface area (Å²) in [5.74, 6) is 0.722. The van der Waals surface area contributed by atoms with E-state index in [9.17, 15) is 9.59 Å². The minimum Gasteiger partial charge on any atom is -0.497 e. The lowest BCUT2D eigenvalue weighted by Gasteiger charge is -2.08. The molecule has 0 aliphatic heterocycles. The van der Waals surface area contributed by atoms with Crippen LogP contribution in [0.5, 0.6) is 5.75 Å². The second-order valence-electron chi connectivity index (χ2n) is 8.54. The Balaban J connectivity index is 1.19. The number of hydrogen-bond donors (Lipinski definition) is 2. The van der Waals surface area contributed by atoms with Crippen molar-refractivity contribution in [1.82, 2.24) is 4.57 Å². The number of amides is 2. The number of fused-ring (bicyclic) bond motifs is 3. The van der Waals surface area contributed by atoms with E-state index in [1.165, 1.54) is 22.7 Å². The molecule has 0 spiro atoms. The molecule has 1 aromatic heterocycles. The molecule has 5 rings (SSSR count). The SMILES string of the molecule is CCn1c2ccccc2c2cc(NC(=O)CSc3ccc(NC(=O)c4ccc(OC)cc4)cc3)ccc21. The summed E-state index contributed by atoms with van der Waals surface area (Å²) in [6, 6.07) is 28.8. The molecule has 4 aromatic carbocycles. The van der Waals surface area contributed by atoms with Crippen molar-refractivity contribution in [2.24, 2.45) is 0 Å². The van der Waals surface area contributed by atoms with Gasteiger partial charge in [-0.1, -0.05) is 18.2 Å². The smallest absolute Gasteiger partial charge is 0.255 e. The molecule has 0 atom stereocenters. The average Bonchev–Trinajstić information content (AvgIpc) is 3.25. The van der Waals surface area contributed by atoms with Gasteiger partial charge in [-0.3, -0.25) is 9.59 Å². The normalized spacial score (nSPS) is 11.0. The van der Waals surface area contributed by atoms with E-state index in [2.05, 4.69) is 46.4 Å². The molecule has 6 nitrogen and oxygen atoms in total. The second kappa shape index (κ2) is 10.8. The van der Waals surface area contributed by atoms with Gasteiger partial charge in [-0.15, -0.1) is 11.8 Å². The van der Waals surface area contributed by atoms with E-state index in [1.807, 2.05) is 42.5 Å². The van der Waals surface area contributed by atoms with Crippen molar-refractivity contribution >= 4 is 56.8 Å². The molecule has 0 saturated carbocycles. The molecule has 0 aliphatic rings. The lowest BCUT2D eigenvalue weighted by atomic mass is 10.1. The summed E-state index contributed by atoms with van der Waals surface area (Å²) in [4.78, 5) is 26.1. The number of anilines is 2. The van der Waals surface area contributed by atoms with E-state index in [0.29, 0.717) is 17.0 Å². The van der Waals surface area contributed by atoms with Gasteiger partial charge in [0.15, 0.2) is 0 Å². The van der Waals surface area contributed by atoms with Crippen LogP contribution in [0.3, 0.4) is 0 Å². The molecule has 0 aliphatic carbocycles. The molecule has 0 saturated heterocycles. The number of aryl methyl sites for hydroxylation is 1. The zero-order chi connectivity index (χ0) is 25.8. The number of carbonyl (C=O) groups excluding carboxylic acids is 2. The van der Waals surface area contributed by atoms with Crippen LogP contribution in [0.2, 0.25) is 0 Å². The molecule has 186 valence electrons. The number of para-hydroxylation sites is 1. The minimum absolute atomic E-state index is 0.0690. The van der Waals surface area contributed by atoms with Gasteiger partial charge in [-0.05, 0) is 79.7 Å². The van der Waals surface area contributed by atoms with Crippen LogP contribution in [0.1, 0.15) is 17.3 Å². The van der Waals surface area contributed by atoms with E-state index in [4.69, 9.17) is 4.74 Å². The molecule has 0 fully saturated rings. The molecule has 7 heteroatoms. The zero-order valence-corrected chi connectivity index (χ0v) is 21.5. The number of rotatable bonds is 8. The van der Waals surface area contributed by atoms with Crippen molar-refractivity contribution in [2.75, 3.05) is 23.5 Å². The Morgan fingerprint density at radius 3 is 2.24 bits per heavy atom. The number of nitrogens with one attached hydrogen (secondary N) is 2. The van der Waals surface area contributed by atoms with Gasteiger partial charge in [0.2, 0.25) is 5.91 Å². The quantitative estimate of drug-likeness (QED) is 0.226. The Morgan fingerprint density at radius 1 is 0.811 bits per heavy atom. The molecule has 5 aromatic rings. The zero-order valence-electron chi connectivity index (χ0n) is 20.7. The molecule has 1 heterocycles. The van der Waals surface area contributed by atoms with Gasteiger partial charge in [0.05, 0.1) is 12.9 Å². The van der Waals surface area contributed by atoms with Crippen molar-refractivity contribution < 1.29 is 14.3 Å². The van der Waals surface area contributed by atoms with Crippen LogP contribution in [0.25, 0.3) is 21.8 Å². The number of thioether (sulfide) groups is 1. The first-order valence-corrected chi connectivity index (χ1v) is 13.0. The highest BCUT2D eigenvalue weighted by molar-refractivity contribution is 8.00. The highest BCUT2D eigenvalue weighted by atomic mass is 32.2. The van der Waals surface area contributed by atoms with Crippen LogP contribution in [0.15, 0.2) is 95.9 Å². The third-order valence-corrected chi connectivity index (χ3v) is 7.22. The summed E-state index contributed by atoms with van der Waals surface area (Å²) in [5, 5.41) is 8.23. The number of methoxy groups -OCH3 is 1. The van der Waals surface area contributed by atoms with Crippen LogP contribution >= 0.6 is 11.8 Å². The molecule has 0 bridgehead atoms. The first-order valence-electron chi connectivity index (χ1n) is 12.0. The number of benzene rings is 4. The number of hydrogen-bond acceptors (Lipinski definition) is 4. The van der Waals surface area contributed by atoms with Crippen molar-refractivity contribution in [1.29, 1.82) is 0 Å². The van der Waals surface area contributed by atoms with E-state index < -0.39 is 0 Å². The molecule has 0 radical (unpaired) electrons. The Labute approximate surface area is 219 Å². The predicted octanol–water partition coefficient (Wildman–Crippen LogP) is 6.81. The summed E-state index contributed by atoms with van der Waals surface area (Å²) >= 11 is 1.45. The number of aromatic nitrogens is 1. The Morgan fingerprint density at radius 2 is 1.51 bits per heavy atom. The maximum absolute atomic E-state index is 12.7. The van der Waals surface area contributed by atoms with Gasteiger partial charge in [0.25, 0.3) is 5.91 Å². The fraction of sp³-hybridized carbons (Fsp3) is 0.133. The summed E-state index contributed by atoms with van der Waals surface area (Å²) in [7, 11) is 1.59. The highest BCUT2D eigenvalue weighted by Crippen LogP contribution is 2.31. The highest BCUT2D eigenvalue weighted by Gasteiger charge is 2.11. The van der Waals surface area contributed by atoms with Crippen LogP contribution in [0.4, 0.5) is 11.4 Å². The lowest BCUT2D eigenvalue weighted by molar-refractivity contribution is -0.113. The van der Waals surface area contributed by atoms with Crippen LogP contribution in [0, 0.1) is 0 Å². The molecule has 2 N–H and O–H groups in total. The Bertz CT molecular complexity index is 1570. The molecular weight excluding hydrogens is 482 g/mol. The number of nitrogens with zero attached hydrogens (tertiary/aromatic N) is 1.